The summed E-state index contributed by atoms with van der Waals surface area (Å²) in [5, 5.41) is 0. The lowest BCUT2D eigenvalue weighted by Gasteiger charge is -2.27. The van der Waals surface area contributed by atoms with Crippen molar-refractivity contribution >= 4 is 10.0 Å². The minimum atomic E-state index is -3.43. The summed E-state index contributed by atoms with van der Waals surface area (Å²) in [6.07, 6.45) is 9.77. The maximum Gasteiger partial charge on any atom is 0.238 e. The minimum Gasteiger partial charge on any atom is -0.379 e. The molecule has 0 spiro atoms. The maximum absolute atomic E-state index is 12.8. The van der Waals surface area contributed by atoms with Gasteiger partial charge in [0.2, 0.25) is 10.0 Å². The van der Waals surface area contributed by atoms with Crippen LogP contribution < -0.4 is 4.72 Å². The van der Waals surface area contributed by atoms with Crippen molar-refractivity contribution in [3.05, 3.63) is 0 Å². The second kappa shape index (κ2) is 12.3. The molecule has 0 aromatic carbocycles. The molecule has 1 saturated heterocycles. The molecule has 0 bridgehead atoms. The SMILES string of the molecule is CCCCCC(OCC1CCCCC1)S(=O)(=O)NCCN1CCOCC1. The van der Waals surface area contributed by atoms with Crippen molar-refractivity contribution in [2.75, 3.05) is 46.0 Å². The van der Waals surface area contributed by atoms with Gasteiger partial charge >= 0.3 is 0 Å². The molecule has 2 fully saturated rings. The summed E-state index contributed by atoms with van der Waals surface area (Å²) in [6, 6.07) is 0. The van der Waals surface area contributed by atoms with Crippen molar-refractivity contribution in [3.8, 4) is 0 Å². The maximum atomic E-state index is 12.8. The van der Waals surface area contributed by atoms with E-state index in [4.69, 9.17) is 9.47 Å². The second-order valence-electron chi connectivity index (χ2n) is 7.66. The normalized spacial score (nSPS) is 21.7. The van der Waals surface area contributed by atoms with Crippen LogP contribution in [-0.2, 0) is 19.5 Å². The van der Waals surface area contributed by atoms with Gasteiger partial charge in [0.05, 0.1) is 19.8 Å². The highest BCUT2D eigenvalue weighted by Crippen LogP contribution is 2.25. The summed E-state index contributed by atoms with van der Waals surface area (Å²) in [6.45, 7) is 7.11. The Labute approximate surface area is 160 Å². The summed E-state index contributed by atoms with van der Waals surface area (Å²) in [5.41, 5.74) is -0.708. The van der Waals surface area contributed by atoms with Crippen molar-refractivity contribution in [2.24, 2.45) is 5.92 Å². The zero-order chi connectivity index (χ0) is 18.7. The van der Waals surface area contributed by atoms with E-state index in [1.165, 1.54) is 32.1 Å². The van der Waals surface area contributed by atoms with Gasteiger partial charge in [-0.3, -0.25) is 4.90 Å². The van der Waals surface area contributed by atoms with Crippen LogP contribution in [0.1, 0.15) is 64.7 Å². The van der Waals surface area contributed by atoms with Crippen LogP contribution in [-0.4, -0.2) is 64.8 Å². The molecule has 0 aromatic rings. The molecule has 0 radical (unpaired) electrons. The molecule has 1 saturated carbocycles. The van der Waals surface area contributed by atoms with Crippen molar-refractivity contribution in [1.82, 2.24) is 9.62 Å². The summed E-state index contributed by atoms with van der Waals surface area (Å²) in [7, 11) is -3.43. The highest BCUT2D eigenvalue weighted by molar-refractivity contribution is 7.89. The van der Waals surface area contributed by atoms with Crippen molar-refractivity contribution in [3.63, 3.8) is 0 Å². The summed E-state index contributed by atoms with van der Waals surface area (Å²) in [5.74, 6) is 0.529. The number of rotatable bonds is 12. The lowest BCUT2D eigenvalue weighted by Crippen LogP contribution is -2.44. The zero-order valence-electron chi connectivity index (χ0n) is 16.5. The number of sulfonamides is 1. The number of hydrogen-bond donors (Lipinski definition) is 1. The van der Waals surface area contributed by atoms with Crippen molar-refractivity contribution in [2.45, 2.75) is 70.1 Å². The van der Waals surface area contributed by atoms with Gasteiger partial charge in [-0.1, -0.05) is 39.0 Å². The molecular formula is C19H38N2O4S. The highest BCUT2D eigenvalue weighted by atomic mass is 32.2. The Kier molecular flexibility index (Phi) is 10.4. The van der Waals surface area contributed by atoms with Crippen molar-refractivity contribution in [1.29, 1.82) is 0 Å². The van der Waals surface area contributed by atoms with E-state index < -0.39 is 15.5 Å². The molecule has 0 aromatic heterocycles. The van der Waals surface area contributed by atoms with E-state index >= 15 is 0 Å². The molecule has 2 rings (SSSR count). The number of nitrogens with one attached hydrogen (secondary N) is 1. The first kappa shape index (κ1) is 22.1. The monoisotopic (exact) mass is 390 g/mol. The Morgan fingerprint density at radius 3 is 2.58 bits per heavy atom. The molecule has 154 valence electrons. The zero-order valence-corrected chi connectivity index (χ0v) is 17.3. The Bertz CT molecular complexity index is 460. The number of ether oxygens (including phenoxy) is 2. The predicted molar refractivity (Wildman–Crippen MR) is 105 cm³/mol. The Hall–Kier alpha value is -0.210. The van der Waals surface area contributed by atoms with Crippen LogP contribution in [0.4, 0.5) is 0 Å². The van der Waals surface area contributed by atoms with E-state index in [0.717, 1.165) is 52.1 Å². The average molecular weight is 391 g/mol. The molecule has 0 amide bonds. The van der Waals surface area contributed by atoms with Crippen LogP contribution in [0, 0.1) is 5.92 Å². The molecule has 7 heteroatoms. The van der Waals surface area contributed by atoms with E-state index in [9.17, 15) is 8.42 Å². The second-order valence-corrected chi connectivity index (χ2v) is 9.56. The summed E-state index contributed by atoms with van der Waals surface area (Å²) >= 11 is 0. The number of morpholine rings is 1. The molecule has 1 N–H and O–H groups in total. The summed E-state index contributed by atoms with van der Waals surface area (Å²) < 4.78 is 39.6. The number of nitrogens with zero attached hydrogens (tertiary/aromatic N) is 1. The molecule has 1 aliphatic carbocycles. The molecule has 1 atom stereocenters. The molecule has 1 aliphatic heterocycles. The molecule has 2 aliphatic rings. The Morgan fingerprint density at radius 2 is 1.88 bits per heavy atom. The standard InChI is InChI=1S/C19H38N2O4S/c1-2-3-5-10-19(25-17-18-8-6-4-7-9-18)26(22,23)20-11-12-21-13-15-24-16-14-21/h18-20H,2-17H2,1H3. The third-order valence-corrected chi connectivity index (χ3v) is 7.14. The van der Waals surface area contributed by atoms with Crippen LogP contribution >= 0.6 is 0 Å². The topological polar surface area (TPSA) is 67.9 Å². The molecular weight excluding hydrogens is 352 g/mol. The first-order valence-corrected chi connectivity index (χ1v) is 12.1. The van der Waals surface area contributed by atoms with Crippen LogP contribution in [0.2, 0.25) is 0 Å². The molecule has 1 heterocycles. The van der Waals surface area contributed by atoms with E-state index in [-0.39, 0.29) is 0 Å². The lowest BCUT2D eigenvalue weighted by atomic mass is 9.90. The van der Waals surface area contributed by atoms with Gasteiger partial charge in [0.1, 0.15) is 0 Å². The predicted octanol–water partition coefficient (Wildman–Crippen LogP) is 2.74. The lowest BCUT2D eigenvalue weighted by molar-refractivity contribution is 0.0387. The van der Waals surface area contributed by atoms with Crippen LogP contribution in [0.25, 0.3) is 0 Å². The fourth-order valence-electron chi connectivity index (χ4n) is 3.75. The first-order chi connectivity index (χ1) is 12.6. The van der Waals surface area contributed by atoms with Gasteiger partial charge in [-0.2, -0.15) is 0 Å². The quantitative estimate of drug-likeness (QED) is 0.519. The average Bonchev–Trinajstić information content (AvgIpc) is 2.66. The largest absolute Gasteiger partial charge is 0.379 e. The van der Waals surface area contributed by atoms with Gasteiger partial charge < -0.3 is 9.47 Å². The van der Waals surface area contributed by atoms with E-state index in [1.54, 1.807) is 0 Å². The fourth-order valence-corrected chi connectivity index (χ4v) is 5.05. The van der Waals surface area contributed by atoms with Crippen LogP contribution in [0.15, 0.2) is 0 Å². The number of unbranched alkanes of at least 4 members (excludes halogenated alkanes) is 2. The van der Waals surface area contributed by atoms with Gasteiger partial charge in [0.25, 0.3) is 0 Å². The Morgan fingerprint density at radius 1 is 1.15 bits per heavy atom. The van der Waals surface area contributed by atoms with Gasteiger partial charge in [0, 0.05) is 26.2 Å². The van der Waals surface area contributed by atoms with E-state index in [0.29, 0.717) is 25.5 Å². The van der Waals surface area contributed by atoms with E-state index in [1.807, 2.05) is 0 Å². The molecule has 1 unspecified atom stereocenters. The van der Waals surface area contributed by atoms with Gasteiger partial charge in [-0.25, -0.2) is 13.1 Å². The number of hydrogen-bond acceptors (Lipinski definition) is 5. The minimum absolute atomic E-state index is 0.444. The van der Waals surface area contributed by atoms with Gasteiger partial charge in [-0.05, 0) is 31.6 Å². The fraction of sp³-hybridized carbons (Fsp3) is 1.00. The van der Waals surface area contributed by atoms with Gasteiger partial charge in [0.15, 0.2) is 5.44 Å². The first-order valence-electron chi connectivity index (χ1n) is 10.5. The molecule has 6 nitrogen and oxygen atoms in total. The summed E-state index contributed by atoms with van der Waals surface area (Å²) in [4.78, 5) is 2.24. The third-order valence-electron chi connectivity index (χ3n) is 5.47. The molecule has 26 heavy (non-hydrogen) atoms. The van der Waals surface area contributed by atoms with E-state index in [2.05, 4.69) is 16.5 Å². The Balaban J connectivity index is 1.79. The smallest absolute Gasteiger partial charge is 0.238 e. The highest BCUT2D eigenvalue weighted by Gasteiger charge is 2.27. The van der Waals surface area contributed by atoms with Crippen LogP contribution in [0.3, 0.4) is 0 Å². The third kappa shape index (κ3) is 8.21. The van der Waals surface area contributed by atoms with Crippen molar-refractivity contribution < 1.29 is 17.9 Å². The van der Waals surface area contributed by atoms with Gasteiger partial charge in [-0.15, -0.1) is 0 Å². The van der Waals surface area contributed by atoms with Crippen LogP contribution in [0.5, 0.6) is 0 Å².